The Balaban J connectivity index is 1.74. The fourth-order valence-corrected chi connectivity index (χ4v) is 4.69. The quantitative estimate of drug-likeness (QED) is 0.389. The summed E-state index contributed by atoms with van der Waals surface area (Å²) in [5.41, 5.74) is 3.90. The van der Waals surface area contributed by atoms with E-state index >= 15 is 0 Å². The number of para-hydroxylation sites is 1. The van der Waals surface area contributed by atoms with Gasteiger partial charge in [-0.1, -0.05) is 6.07 Å². The highest BCUT2D eigenvalue weighted by Gasteiger charge is 2.30. The Morgan fingerprint density at radius 2 is 1.74 bits per heavy atom. The van der Waals surface area contributed by atoms with Gasteiger partial charge in [-0.05, 0) is 89.9 Å². The molecule has 0 fully saturated rings. The second kappa shape index (κ2) is 10.8. The fourth-order valence-electron chi connectivity index (χ4n) is 4.13. The predicted octanol–water partition coefficient (Wildman–Crippen LogP) is 4.91. The van der Waals surface area contributed by atoms with Gasteiger partial charge in [-0.3, -0.25) is 0 Å². The molecule has 0 bridgehead atoms. The zero-order valence-corrected chi connectivity index (χ0v) is 21.1. The molecular formula is C27H30BrN2O4+. The molecule has 178 valence electrons. The minimum atomic E-state index is -0.130. The van der Waals surface area contributed by atoms with Crippen LogP contribution >= 0.6 is 15.9 Å². The average Bonchev–Trinajstić information content (AvgIpc) is 2.86. The fraction of sp³-hybridized carbons (Fsp3) is 0.259. The van der Waals surface area contributed by atoms with E-state index in [1.165, 1.54) is 0 Å². The molecule has 6 nitrogen and oxygen atoms in total. The van der Waals surface area contributed by atoms with Crippen LogP contribution in [0.4, 0.5) is 0 Å². The maximum Gasteiger partial charge on any atom is 0.186 e. The number of halogens is 1. The van der Waals surface area contributed by atoms with Crippen LogP contribution in [0.1, 0.15) is 42.7 Å². The molecule has 2 atom stereocenters. The largest absolute Gasteiger partial charge is 0.504 e. The number of rotatable bonds is 8. The lowest BCUT2D eigenvalue weighted by molar-refractivity contribution is -0.731. The standard InChI is InChI=1S/C27H29BrN2O4/c1-4-33-19-12-9-17(10-13-19)22-16-23(20-7-6-8-25(26(20)31)34-5-2)30-27(29-22)18-11-14-24(32-3)21(28)15-18/h6-16,23,27,29-31H,4-5H2,1-3H3/p+1. The lowest BCUT2D eigenvalue weighted by Gasteiger charge is -2.30. The Morgan fingerprint density at radius 1 is 0.971 bits per heavy atom. The Labute approximate surface area is 208 Å². The van der Waals surface area contributed by atoms with Crippen molar-refractivity contribution in [3.8, 4) is 23.0 Å². The highest BCUT2D eigenvalue weighted by atomic mass is 79.9. The van der Waals surface area contributed by atoms with Crippen LogP contribution in [0.3, 0.4) is 0 Å². The number of aromatic hydroxyl groups is 1. The number of phenolic OH excluding ortho intramolecular Hbond substituents is 1. The predicted molar refractivity (Wildman–Crippen MR) is 136 cm³/mol. The molecule has 0 spiro atoms. The third kappa shape index (κ3) is 5.16. The summed E-state index contributed by atoms with van der Waals surface area (Å²) in [5.74, 6) is 2.28. The van der Waals surface area contributed by atoms with Crippen molar-refractivity contribution in [3.05, 3.63) is 87.9 Å². The van der Waals surface area contributed by atoms with Gasteiger partial charge in [-0.15, -0.1) is 0 Å². The maximum absolute atomic E-state index is 11.0. The Hall–Kier alpha value is -3.16. The topological polar surface area (TPSA) is 76.6 Å². The number of methoxy groups -OCH3 is 1. The molecule has 0 aliphatic carbocycles. The summed E-state index contributed by atoms with van der Waals surface area (Å²) >= 11 is 3.60. The molecule has 34 heavy (non-hydrogen) atoms. The van der Waals surface area contributed by atoms with Gasteiger partial charge in [-0.25, -0.2) is 0 Å². The van der Waals surface area contributed by atoms with Crippen LogP contribution in [-0.4, -0.2) is 25.4 Å². The van der Waals surface area contributed by atoms with Crippen LogP contribution < -0.4 is 24.8 Å². The minimum absolute atomic E-state index is 0.0890. The van der Waals surface area contributed by atoms with E-state index in [2.05, 4.69) is 38.7 Å². The van der Waals surface area contributed by atoms with E-state index in [9.17, 15) is 5.11 Å². The van der Waals surface area contributed by atoms with E-state index in [0.29, 0.717) is 19.0 Å². The summed E-state index contributed by atoms with van der Waals surface area (Å²) < 4.78 is 17.5. The first-order valence-corrected chi connectivity index (χ1v) is 12.2. The number of hydrogen-bond donors (Lipinski definition) is 3. The number of phenols is 1. The van der Waals surface area contributed by atoms with Gasteiger partial charge in [0.05, 0.1) is 30.4 Å². The zero-order valence-electron chi connectivity index (χ0n) is 19.5. The van der Waals surface area contributed by atoms with E-state index < -0.39 is 0 Å². The zero-order chi connectivity index (χ0) is 24.1. The van der Waals surface area contributed by atoms with E-state index in [1.54, 1.807) is 13.2 Å². The summed E-state index contributed by atoms with van der Waals surface area (Å²) in [6, 6.07) is 19.6. The SMILES string of the molecule is CCOc1ccc(C2=CC(c3cccc(OCC)c3O)[NH2+]C(c3ccc(OC)c(Br)c3)N2)cc1. The maximum atomic E-state index is 11.0. The van der Waals surface area contributed by atoms with Crippen molar-refractivity contribution >= 4 is 21.6 Å². The number of nitrogens with two attached hydrogens (primary N) is 1. The average molecular weight is 526 g/mol. The molecule has 0 amide bonds. The number of hydrogen-bond acceptors (Lipinski definition) is 5. The monoisotopic (exact) mass is 525 g/mol. The van der Waals surface area contributed by atoms with E-state index in [0.717, 1.165) is 38.4 Å². The summed E-state index contributed by atoms with van der Waals surface area (Å²) in [5, 5.41) is 16.8. The van der Waals surface area contributed by atoms with Gasteiger partial charge in [0, 0.05) is 17.3 Å². The van der Waals surface area contributed by atoms with Crippen molar-refractivity contribution in [2.45, 2.75) is 26.1 Å². The first-order valence-electron chi connectivity index (χ1n) is 11.4. The van der Waals surface area contributed by atoms with Gasteiger partial charge >= 0.3 is 0 Å². The first-order chi connectivity index (χ1) is 16.5. The minimum Gasteiger partial charge on any atom is -0.504 e. The molecule has 7 heteroatoms. The molecule has 0 aromatic heterocycles. The van der Waals surface area contributed by atoms with Crippen LogP contribution in [0.15, 0.2) is 71.2 Å². The summed E-state index contributed by atoms with van der Waals surface area (Å²) in [6.45, 7) is 4.99. The number of benzene rings is 3. The molecule has 0 saturated heterocycles. The molecule has 0 saturated carbocycles. The molecule has 1 aliphatic heterocycles. The van der Waals surface area contributed by atoms with Crippen molar-refractivity contribution in [1.82, 2.24) is 5.32 Å². The molecule has 0 radical (unpaired) electrons. The second-order valence-electron chi connectivity index (χ2n) is 7.90. The van der Waals surface area contributed by atoms with Crippen molar-refractivity contribution < 1.29 is 24.6 Å². The molecule has 3 aromatic carbocycles. The smallest absolute Gasteiger partial charge is 0.186 e. The third-order valence-corrected chi connectivity index (χ3v) is 6.38. The van der Waals surface area contributed by atoms with Crippen molar-refractivity contribution in [2.24, 2.45) is 0 Å². The van der Waals surface area contributed by atoms with Crippen molar-refractivity contribution in [1.29, 1.82) is 0 Å². The summed E-state index contributed by atoms with van der Waals surface area (Å²) in [4.78, 5) is 0. The summed E-state index contributed by atoms with van der Waals surface area (Å²) in [6.07, 6.45) is 2.05. The Kier molecular flexibility index (Phi) is 7.65. The summed E-state index contributed by atoms with van der Waals surface area (Å²) in [7, 11) is 1.65. The number of quaternary nitrogens is 1. The van der Waals surface area contributed by atoms with Crippen LogP contribution in [0.2, 0.25) is 0 Å². The molecule has 1 aliphatic rings. The highest BCUT2D eigenvalue weighted by Crippen LogP contribution is 2.36. The lowest BCUT2D eigenvalue weighted by atomic mass is 9.97. The molecular weight excluding hydrogens is 496 g/mol. The Bertz CT molecular complexity index is 1160. The van der Waals surface area contributed by atoms with E-state index in [-0.39, 0.29) is 18.0 Å². The van der Waals surface area contributed by atoms with Gasteiger partial charge in [0.15, 0.2) is 17.7 Å². The number of nitrogens with one attached hydrogen (secondary N) is 1. The second-order valence-corrected chi connectivity index (χ2v) is 8.75. The van der Waals surface area contributed by atoms with Gasteiger partial charge in [-0.2, -0.15) is 0 Å². The van der Waals surface area contributed by atoms with Crippen molar-refractivity contribution in [3.63, 3.8) is 0 Å². The normalized spacial score (nSPS) is 17.5. The molecule has 1 heterocycles. The van der Waals surface area contributed by atoms with Crippen LogP contribution in [-0.2, 0) is 0 Å². The molecule has 4 N–H and O–H groups in total. The Morgan fingerprint density at radius 3 is 2.41 bits per heavy atom. The van der Waals surface area contributed by atoms with Crippen LogP contribution in [0, 0.1) is 0 Å². The van der Waals surface area contributed by atoms with Crippen molar-refractivity contribution in [2.75, 3.05) is 20.3 Å². The van der Waals surface area contributed by atoms with E-state index in [1.807, 2.05) is 62.4 Å². The highest BCUT2D eigenvalue weighted by molar-refractivity contribution is 9.10. The lowest BCUT2D eigenvalue weighted by Crippen LogP contribution is -2.89. The van der Waals surface area contributed by atoms with Gasteiger partial charge in [0.2, 0.25) is 0 Å². The van der Waals surface area contributed by atoms with Gasteiger partial charge in [0.25, 0.3) is 0 Å². The van der Waals surface area contributed by atoms with Gasteiger partial charge < -0.3 is 30.0 Å². The van der Waals surface area contributed by atoms with Gasteiger partial charge in [0.1, 0.15) is 17.5 Å². The molecule has 2 unspecified atom stereocenters. The van der Waals surface area contributed by atoms with Crippen LogP contribution in [0.25, 0.3) is 5.70 Å². The first kappa shape index (κ1) is 24.0. The third-order valence-electron chi connectivity index (χ3n) is 5.76. The number of ether oxygens (including phenoxy) is 3. The van der Waals surface area contributed by atoms with E-state index in [4.69, 9.17) is 14.2 Å². The molecule has 4 rings (SSSR count). The van der Waals surface area contributed by atoms with Crippen LogP contribution in [0.5, 0.6) is 23.0 Å². The molecule has 3 aromatic rings.